The third kappa shape index (κ3) is 2.82. The first kappa shape index (κ1) is 9.65. The minimum Gasteiger partial charge on any atom is -0.497 e. The van der Waals surface area contributed by atoms with Gasteiger partial charge in [-0.25, -0.2) is 0 Å². The van der Waals surface area contributed by atoms with E-state index >= 15 is 0 Å². The van der Waals surface area contributed by atoms with Crippen LogP contribution in [-0.4, -0.2) is 13.2 Å². The molecule has 1 rings (SSSR count). The largest absolute Gasteiger partial charge is 0.497 e. The molecule has 0 saturated carbocycles. The molecule has 0 fully saturated rings. The first-order valence-corrected chi connectivity index (χ1v) is 4.29. The Balaban J connectivity index is 2.63. The number of hydrogen-bond donors (Lipinski definition) is 1. The lowest BCUT2D eigenvalue weighted by Crippen LogP contribution is -2.10. The van der Waals surface area contributed by atoms with E-state index in [1.54, 1.807) is 7.11 Å². The Morgan fingerprint density at radius 1 is 1.38 bits per heavy atom. The molecule has 13 heavy (non-hydrogen) atoms. The van der Waals surface area contributed by atoms with Crippen molar-refractivity contribution in [2.45, 2.75) is 13.0 Å². The molecule has 0 saturated heterocycles. The van der Waals surface area contributed by atoms with Gasteiger partial charge in [-0.15, -0.1) is 6.58 Å². The van der Waals surface area contributed by atoms with Crippen LogP contribution in [-0.2, 0) is 0 Å². The Morgan fingerprint density at radius 2 is 2.00 bits per heavy atom. The van der Waals surface area contributed by atoms with E-state index in [1.807, 2.05) is 30.3 Å². The Hall–Kier alpha value is -1.44. The third-order valence-corrected chi connectivity index (χ3v) is 1.84. The van der Waals surface area contributed by atoms with E-state index in [0.717, 1.165) is 11.4 Å². The van der Waals surface area contributed by atoms with Crippen LogP contribution < -0.4 is 10.1 Å². The van der Waals surface area contributed by atoms with Crippen molar-refractivity contribution in [1.82, 2.24) is 0 Å². The number of methoxy groups -OCH3 is 1. The summed E-state index contributed by atoms with van der Waals surface area (Å²) in [4.78, 5) is 0. The first-order valence-electron chi connectivity index (χ1n) is 4.29. The molecule has 0 aliphatic heterocycles. The summed E-state index contributed by atoms with van der Waals surface area (Å²) in [6.45, 7) is 5.76. The summed E-state index contributed by atoms with van der Waals surface area (Å²) in [6, 6.07) is 8.11. The monoisotopic (exact) mass is 177 g/mol. The van der Waals surface area contributed by atoms with Crippen molar-refractivity contribution >= 4 is 5.69 Å². The third-order valence-electron chi connectivity index (χ3n) is 1.84. The smallest absolute Gasteiger partial charge is 0.119 e. The van der Waals surface area contributed by atoms with Gasteiger partial charge in [0.05, 0.1) is 7.11 Å². The normalized spacial score (nSPS) is 11.8. The molecule has 1 N–H and O–H groups in total. The fourth-order valence-corrected chi connectivity index (χ4v) is 1.01. The minimum atomic E-state index is 0.286. The van der Waals surface area contributed by atoms with Crippen LogP contribution in [0.25, 0.3) is 0 Å². The Bertz CT molecular complexity index is 266. The molecule has 70 valence electrons. The molecule has 0 unspecified atom stereocenters. The van der Waals surface area contributed by atoms with E-state index in [9.17, 15) is 0 Å². The topological polar surface area (TPSA) is 21.3 Å². The van der Waals surface area contributed by atoms with Crippen LogP contribution in [0.1, 0.15) is 6.92 Å². The standard InChI is InChI=1S/C11H15NO/c1-4-9(2)12-10-5-7-11(13-3)8-6-10/h4-9,12H,1H2,2-3H3/t9-/m0/s1. The molecule has 1 aromatic carbocycles. The van der Waals surface area contributed by atoms with Crippen molar-refractivity contribution in [3.63, 3.8) is 0 Å². The number of hydrogen-bond acceptors (Lipinski definition) is 2. The van der Waals surface area contributed by atoms with Crippen molar-refractivity contribution < 1.29 is 4.74 Å². The molecule has 2 nitrogen and oxygen atoms in total. The van der Waals surface area contributed by atoms with E-state index < -0.39 is 0 Å². The van der Waals surface area contributed by atoms with E-state index in [0.29, 0.717) is 0 Å². The SMILES string of the molecule is C=C[C@H](C)Nc1ccc(OC)cc1. The van der Waals surface area contributed by atoms with Crippen LogP contribution in [0, 0.1) is 0 Å². The van der Waals surface area contributed by atoms with E-state index in [2.05, 4.69) is 18.8 Å². The highest BCUT2D eigenvalue weighted by molar-refractivity contribution is 5.47. The van der Waals surface area contributed by atoms with Crippen LogP contribution >= 0.6 is 0 Å². The second-order valence-corrected chi connectivity index (χ2v) is 2.90. The minimum absolute atomic E-state index is 0.286. The first-order chi connectivity index (χ1) is 6.26. The van der Waals surface area contributed by atoms with Gasteiger partial charge in [0.15, 0.2) is 0 Å². The van der Waals surface area contributed by atoms with Crippen LogP contribution in [0.3, 0.4) is 0 Å². The van der Waals surface area contributed by atoms with E-state index in [-0.39, 0.29) is 6.04 Å². The maximum atomic E-state index is 5.05. The second kappa shape index (κ2) is 4.55. The molecule has 0 radical (unpaired) electrons. The Kier molecular flexibility index (Phi) is 3.38. The average molecular weight is 177 g/mol. The van der Waals surface area contributed by atoms with Gasteiger partial charge in [0, 0.05) is 11.7 Å². The molecular weight excluding hydrogens is 162 g/mol. The quantitative estimate of drug-likeness (QED) is 0.714. The zero-order valence-electron chi connectivity index (χ0n) is 8.08. The van der Waals surface area contributed by atoms with Gasteiger partial charge in [-0.1, -0.05) is 6.08 Å². The molecule has 0 heterocycles. The molecular formula is C11H15NO. The summed E-state index contributed by atoms with van der Waals surface area (Å²) < 4.78 is 5.05. The lowest BCUT2D eigenvalue weighted by atomic mass is 10.2. The summed E-state index contributed by atoms with van der Waals surface area (Å²) in [5, 5.41) is 3.27. The molecule has 2 heteroatoms. The zero-order chi connectivity index (χ0) is 9.68. The maximum absolute atomic E-state index is 5.05. The molecule has 0 aliphatic rings. The summed E-state index contributed by atoms with van der Waals surface area (Å²) in [5.41, 5.74) is 1.08. The summed E-state index contributed by atoms with van der Waals surface area (Å²) in [6.07, 6.45) is 1.87. The van der Waals surface area contributed by atoms with Gasteiger partial charge in [-0.3, -0.25) is 0 Å². The van der Waals surface area contributed by atoms with Gasteiger partial charge in [-0.05, 0) is 31.2 Å². The molecule has 1 atom stereocenters. The van der Waals surface area contributed by atoms with Crippen molar-refractivity contribution in [2.24, 2.45) is 0 Å². The van der Waals surface area contributed by atoms with Crippen molar-refractivity contribution in [3.05, 3.63) is 36.9 Å². The van der Waals surface area contributed by atoms with E-state index in [1.165, 1.54) is 0 Å². The van der Waals surface area contributed by atoms with Gasteiger partial charge >= 0.3 is 0 Å². The Labute approximate surface area is 79.2 Å². The summed E-state index contributed by atoms with van der Waals surface area (Å²) >= 11 is 0. The zero-order valence-corrected chi connectivity index (χ0v) is 8.08. The van der Waals surface area contributed by atoms with Crippen molar-refractivity contribution in [1.29, 1.82) is 0 Å². The average Bonchev–Trinajstić information content (AvgIpc) is 2.19. The number of ether oxygens (including phenoxy) is 1. The van der Waals surface area contributed by atoms with Gasteiger partial charge in [0.2, 0.25) is 0 Å². The van der Waals surface area contributed by atoms with Crippen LogP contribution in [0.5, 0.6) is 5.75 Å². The lowest BCUT2D eigenvalue weighted by molar-refractivity contribution is 0.415. The van der Waals surface area contributed by atoms with E-state index in [4.69, 9.17) is 4.74 Å². The number of benzene rings is 1. The van der Waals surface area contributed by atoms with Gasteiger partial charge < -0.3 is 10.1 Å². The number of nitrogens with one attached hydrogen (secondary N) is 1. The molecule has 0 amide bonds. The summed E-state index contributed by atoms with van der Waals surface area (Å²) in [5.74, 6) is 0.872. The highest BCUT2D eigenvalue weighted by Gasteiger charge is 1.96. The van der Waals surface area contributed by atoms with Crippen LogP contribution in [0.2, 0.25) is 0 Å². The fraction of sp³-hybridized carbons (Fsp3) is 0.273. The predicted octanol–water partition coefficient (Wildman–Crippen LogP) is 2.68. The van der Waals surface area contributed by atoms with Crippen LogP contribution in [0.15, 0.2) is 36.9 Å². The van der Waals surface area contributed by atoms with Gasteiger partial charge in [0.1, 0.15) is 5.75 Å². The Morgan fingerprint density at radius 3 is 2.46 bits per heavy atom. The van der Waals surface area contributed by atoms with Gasteiger partial charge in [0.25, 0.3) is 0 Å². The maximum Gasteiger partial charge on any atom is 0.119 e. The lowest BCUT2D eigenvalue weighted by Gasteiger charge is -2.10. The second-order valence-electron chi connectivity index (χ2n) is 2.90. The van der Waals surface area contributed by atoms with Crippen LogP contribution in [0.4, 0.5) is 5.69 Å². The fourth-order valence-electron chi connectivity index (χ4n) is 1.01. The molecule has 0 aliphatic carbocycles. The predicted molar refractivity (Wildman–Crippen MR) is 56.3 cm³/mol. The molecule has 0 spiro atoms. The molecule has 1 aromatic rings. The molecule has 0 bridgehead atoms. The number of rotatable bonds is 4. The van der Waals surface area contributed by atoms with Gasteiger partial charge in [-0.2, -0.15) is 0 Å². The van der Waals surface area contributed by atoms with Crippen molar-refractivity contribution in [2.75, 3.05) is 12.4 Å². The number of anilines is 1. The van der Waals surface area contributed by atoms with Crippen molar-refractivity contribution in [3.8, 4) is 5.75 Å². The highest BCUT2D eigenvalue weighted by Crippen LogP contribution is 2.15. The molecule has 0 aromatic heterocycles. The highest BCUT2D eigenvalue weighted by atomic mass is 16.5. The summed E-state index contributed by atoms with van der Waals surface area (Å²) in [7, 11) is 1.66.